The summed E-state index contributed by atoms with van der Waals surface area (Å²) in [5, 5.41) is 0. The molecule has 0 heterocycles. The molecule has 0 N–H and O–H groups in total. The van der Waals surface area contributed by atoms with Crippen molar-refractivity contribution in [1.82, 2.24) is 0 Å². The zero-order valence-corrected chi connectivity index (χ0v) is 13.3. The predicted octanol–water partition coefficient (Wildman–Crippen LogP) is 4.54. The van der Waals surface area contributed by atoms with Crippen LogP contribution in [0.15, 0.2) is 53.0 Å². The quantitative estimate of drug-likeness (QED) is 0.801. The first kappa shape index (κ1) is 13.3. The second-order valence-corrected chi connectivity index (χ2v) is 7.14. The number of benzene rings is 2. The first-order valence-corrected chi connectivity index (χ1v) is 8.38. The molecule has 0 aromatic heterocycles. The summed E-state index contributed by atoms with van der Waals surface area (Å²) < 4.78 is 1.05. The third-order valence-electron chi connectivity index (χ3n) is 4.97. The maximum absolute atomic E-state index is 12.6. The Morgan fingerprint density at radius 1 is 1.14 bits per heavy atom. The van der Waals surface area contributed by atoms with Crippen LogP contribution in [0.5, 0.6) is 0 Å². The fourth-order valence-corrected chi connectivity index (χ4v) is 4.42. The molecule has 2 aliphatic rings. The van der Waals surface area contributed by atoms with Crippen molar-refractivity contribution < 1.29 is 4.79 Å². The number of carbonyl (C=O) groups excluding carboxylic acids is 1. The van der Waals surface area contributed by atoms with E-state index in [0.29, 0.717) is 24.0 Å². The van der Waals surface area contributed by atoms with Gasteiger partial charge in [-0.3, -0.25) is 4.79 Å². The Kier molecular flexibility index (Phi) is 3.22. The number of carbonyl (C=O) groups is 1. The Hall–Kier alpha value is -1.41. The van der Waals surface area contributed by atoms with Gasteiger partial charge in [-0.15, -0.1) is 0 Å². The zero-order chi connectivity index (χ0) is 14.4. The summed E-state index contributed by atoms with van der Waals surface area (Å²) in [7, 11) is 0. The first-order valence-electron chi connectivity index (χ1n) is 7.59. The minimum atomic E-state index is 0.257. The molecule has 2 heteroatoms. The van der Waals surface area contributed by atoms with Crippen molar-refractivity contribution >= 4 is 21.7 Å². The highest BCUT2D eigenvalue weighted by Gasteiger charge is 2.56. The van der Waals surface area contributed by atoms with E-state index in [-0.39, 0.29) is 5.92 Å². The number of hydrogen-bond donors (Lipinski definition) is 0. The average molecular weight is 341 g/mol. The molecule has 2 aromatic rings. The lowest BCUT2D eigenvalue weighted by atomic mass is 9.92. The van der Waals surface area contributed by atoms with E-state index >= 15 is 0 Å². The van der Waals surface area contributed by atoms with E-state index in [0.717, 1.165) is 16.5 Å². The molecule has 106 valence electrons. The average Bonchev–Trinajstić information content (AvgIpc) is 3.22. The highest BCUT2D eigenvalue weighted by atomic mass is 79.9. The van der Waals surface area contributed by atoms with Gasteiger partial charge in [0, 0.05) is 16.8 Å². The maximum Gasteiger partial charge on any atom is 0.141 e. The van der Waals surface area contributed by atoms with E-state index < -0.39 is 0 Å². The van der Waals surface area contributed by atoms with Crippen LogP contribution >= 0.6 is 15.9 Å². The van der Waals surface area contributed by atoms with E-state index in [1.54, 1.807) is 0 Å². The van der Waals surface area contributed by atoms with Gasteiger partial charge in [-0.25, -0.2) is 0 Å². The van der Waals surface area contributed by atoms with Crippen molar-refractivity contribution in [1.29, 1.82) is 0 Å². The highest BCUT2D eigenvalue weighted by Crippen LogP contribution is 2.60. The van der Waals surface area contributed by atoms with Gasteiger partial charge in [-0.1, -0.05) is 52.3 Å². The van der Waals surface area contributed by atoms with Gasteiger partial charge in [-0.05, 0) is 53.5 Å². The van der Waals surface area contributed by atoms with Crippen LogP contribution in [-0.4, -0.2) is 5.78 Å². The maximum atomic E-state index is 12.6. The van der Waals surface area contributed by atoms with Gasteiger partial charge in [-0.2, -0.15) is 0 Å². The van der Waals surface area contributed by atoms with Gasteiger partial charge in [0.05, 0.1) is 0 Å². The Bertz CT molecular complexity index is 706. The summed E-state index contributed by atoms with van der Waals surface area (Å²) in [4.78, 5) is 12.6. The van der Waals surface area contributed by atoms with E-state index in [2.05, 4.69) is 46.3 Å². The third-order valence-corrected chi connectivity index (χ3v) is 5.46. The van der Waals surface area contributed by atoms with Crippen LogP contribution in [0.25, 0.3) is 0 Å². The molecule has 0 bridgehead atoms. The number of hydrogen-bond acceptors (Lipinski definition) is 1. The van der Waals surface area contributed by atoms with Crippen LogP contribution in [0, 0.1) is 11.8 Å². The number of ketones is 1. The zero-order valence-electron chi connectivity index (χ0n) is 11.8. The van der Waals surface area contributed by atoms with Crippen molar-refractivity contribution in [3.8, 4) is 0 Å². The molecule has 21 heavy (non-hydrogen) atoms. The van der Waals surface area contributed by atoms with Gasteiger partial charge in [0.2, 0.25) is 0 Å². The van der Waals surface area contributed by atoms with Gasteiger partial charge in [0.25, 0.3) is 0 Å². The van der Waals surface area contributed by atoms with Crippen molar-refractivity contribution in [2.24, 2.45) is 11.8 Å². The van der Waals surface area contributed by atoms with Crippen LogP contribution in [0.1, 0.15) is 29.0 Å². The molecule has 3 unspecified atom stereocenters. The smallest absolute Gasteiger partial charge is 0.141 e. The molecular formula is C19H17BrO. The molecule has 0 saturated heterocycles. The summed E-state index contributed by atoms with van der Waals surface area (Å²) in [5.41, 5.74) is 4.00. The normalized spacial score (nSPS) is 25.9. The molecule has 0 aliphatic heterocycles. The van der Waals surface area contributed by atoms with Gasteiger partial charge in [0.15, 0.2) is 0 Å². The van der Waals surface area contributed by atoms with Crippen LogP contribution < -0.4 is 0 Å². The van der Waals surface area contributed by atoms with Crippen molar-refractivity contribution in [2.45, 2.75) is 25.2 Å². The highest BCUT2D eigenvalue weighted by molar-refractivity contribution is 9.10. The SMILES string of the molecule is O=C(Cc1cccc(Br)c1)C1C2CCc3ccccc3C21. The molecule has 1 saturated carbocycles. The largest absolute Gasteiger partial charge is 0.299 e. The van der Waals surface area contributed by atoms with Crippen molar-refractivity contribution in [3.63, 3.8) is 0 Å². The van der Waals surface area contributed by atoms with Crippen molar-refractivity contribution in [3.05, 3.63) is 69.7 Å². The second kappa shape index (κ2) is 5.10. The third kappa shape index (κ3) is 2.36. The summed E-state index contributed by atoms with van der Waals surface area (Å²) in [5.74, 6) is 1.77. The molecule has 4 rings (SSSR count). The van der Waals surface area contributed by atoms with E-state index in [1.165, 1.54) is 17.5 Å². The Morgan fingerprint density at radius 2 is 2.00 bits per heavy atom. The molecule has 0 radical (unpaired) electrons. The Labute approximate surface area is 133 Å². The first-order chi connectivity index (χ1) is 10.2. The number of fused-ring (bicyclic) bond motifs is 3. The molecule has 1 fully saturated rings. The van der Waals surface area contributed by atoms with E-state index in [1.807, 2.05) is 18.2 Å². The minimum absolute atomic E-state index is 0.257. The Morgan fingerprint density at radius 3 is 2.86 bits per heavy atom. The molecule has 0 spiro atoms. The number of halogens is 1. The molecule has 2 aliphatic carbocycles. The number of aryl methyl sites for hydroxylation is 1. The number of rotatable bonds is 3. The lowest BCUT2D eigenvalue weighted by molar-refractivity contribution is -0.120. The van der Waals surface area contributed by atoms with Gasteiger partial charge >= 0.3 is 0 Å². The molecule has 2 aromatic carbocycles. The summed E-state index contributed by atoms with van der Waals surface area (Å²) in [6.45, 7) is 0. The molecule has 1 nitrogen and oxygen atoms in total. The van der Waals surface area contributed by atoms with E-state index in [4.69, 9.17) is 0 Å². The number of Topliss-reactive ketones (excluding diaryl/α,β-unsaturated/α-hetero) is 1. The Balaban J connectivity index is 1.53. The lowest BCUT2D eigenvalue weighted by Gasteiger charge is -2.13. The molecule has 3 atom stereocenters. The fraction of sp³-hybridized carbons (Fsp3) is 0.316. The predicted molar refractivity (Wildman–Crippen MR) is 87.3 cm³/mol. The summed E-state index contributed by atoms with van der Waals surface area (Å²) in [6, 6.07) is 16.8. The van der Waals surface area contributed by atoms with Gasteiger partial charge < -0.3 is 0 Å². The van der Waals surface area contributed by atoms with Crippen LogP contribution in [0.3, 0.4) is 0 Å². The summed E-state index contributed by atoms with van der Waals surface area (Å²) in [6.07, 6.45) is 2.88. The topological polar surface area (TPSA) is 17.1 Å². The minimum Gasteiger partial charge on any atom is -0.299 e. The monoisotopic (exact) mass is 340 g/mol. The fourth-order valence-electron chi connectivity index (χ4n) is 3.97. The molecule has 0 amide bonds. The van der Waals surface area contributed by atoms with Crippen LogP contribution in [-0.2, 0) is 17.6 Å². The summed E-state index contributed by atoms with van der Waals surface area (Å²) >= 11 is 3.48. The van der Waals surface area contributed by atoms with Gasteiger partial charge in [0.1, 0.15) is 5.78 Å². The standard InChI is InChI=1S/C19H17BrO/c20-14-6-3-4-12(10-14)11-17(21)19-16-9-8-13-5-1-2-7-15(13)18(16)19/h1-7,10,16,18-19H,8-9,11H2. The van der Waals surface area contributed by atoms with Crippen LogP contribution in [0.2, 0.25) is 0 Å². The lowest BCUT2D eigenvalue weighted by Crippen LogP contribution is -2.07. The van der Waals surface area contributed by atoms with Crippen LogP contribution in [0.4, 0.5) is 0 Å². The second-order valence-electron chi connectivity index (χ2n) is 6.23. The molecular weight excluding hydrogens is 324 g/mol. The van der Waals surface area contributed by atoms with E-state index in [9.17, 15) is 4.79 Å². The van der Waals surface area contributed by atoms with Crippen molar-refractivity contribution in [2.75, 3.05) is 0 Å².